The lowest BCUT2D eigenvalue weighted by molar-refractivity contribution is -0.150. The average Bonchev–Trinajstić information content (AvgIpc) is 2.17. The second kappa shape index (κ2) is 7.33. The molecule has 0 aliphatic heterocycles. The molecule has 2 atom stereocenters. The molecule has 2 unspecified atom stereocenters. The van der Waals surface area contributed by atoms with E-state index in [0.717, 1.165) is 25.2 Å². The van der Waals surface area contributed by atoms with Crippen molar-refractivity contribution in [3.8, 4) is 12.3 Å². The van der Waals surface area contributed by atoms with Crippen molar-refractivity contribution in [2.24, 2.45) is 5.92 Å². The molecule has 0 heterocycles. The van der Waals surface area contributed by atoms with Crippen LogP contribution in [-0.4, -0.2) is 11.6 Å². The summed E-state index contributed by atoms with van der Waals surface area (Å²) in [5, 5.41) is 0. The summed E-state index contributed by atoms with van der Waals surface area (Å²) in [4.78, 5) is 10.9. The van der Waals surface area contributed by atoms with E-state index in [1.165, 1.54) is 19.8 Å². The number of carbonyl (C=O) groups is 1. The summed E-state index contributed by atoms with van der Waals surface area (Å²) in [7, 11) is 0. The topological polar surface area (TPSA) is 26.3 Å². The van der Waals surface area contributed by atoms with E-state index in [1.54, 1.807) is 6.92 Å². The number of carbonyl (C=O) groups excluding carboxylic acids is 1. The number of esters is 1. The molecule has 0 bridgehead atoms. The van der Waals surface area contributed by atoms with Crippen molar-refractivity contribution < 1.29 is 9.53 Å². The molecule has 0 aliphatic carbocycles. The van der Waals surface area contributed by atoms with Crippen LogP contribution in [0.5, 0.6) is 0 Å². The number of hydrogen-bond donors (Lipinski definition) is 0. The Morgan fingerprint density at radius 2 is 2.12 bits per heavy atom. The summed E-state index contributed by atoms with van der Waals surface area (Å²) in [6.45, 7) is 7.65. The highest BCUT2D eigenvalue weighted by Gasteiger charge is 2.24. The molecule has 0 radical (unpaired) electrons. The highest BCUT2D eigenvalue weighted by atomic mass is 16.6. The first-order valence-electron chi connectivity index (χ1n) is 6.11. The summed E-state index contributed by atoms with van der Waals surface area (Å²) < 4.78 is 5.15. The average molecular weight is 224 g/mol. The van der Waals surface area contributed by atoms with Crippen molar-refractivity contribution in [1.82, 2.24) is 0 Å². The van der Waals surface area contributed by atoms with Gasteiger partial charge >= 0.3 is 5.97 Å². The monoisotopic (exact) mass is 224 g/mol. The van der Waals surface area contributed by atoms with E-state index in [-0.39, 0.29) is 5.97 Å². The summed E-state index contributed by atoms with van der Waals surface area (Å²) >= 11 is 0. The zero-order chi connectivity index (χ0) is 12.6. The molecule has 0 spiro atoms. The van der Waals surface area contributed by atoms with Gasteiger partial charge < -0.3 is 4.74 Å². The summed E-state index contributed by atoms with van der Waals surface area (Å²) in [6.07, 6.45) is 10.8. The van der Waals surface area contributed by atoms with Crippen molar-refractivity contribution in [1.29, 1.82) is 0 Å². The molecule has 0 fully saturated rings. The molecule has 0 aromatic carbocycles. The summed E-state index contributed by atoms with van der Waals surface area (Å²) in [5.41, 5.74) is -0.724. The minimum atomic E-state index is -0.724. The largest absolute Gasteiger partial charge is 0.446 e. The van der Waals surface area contributed by atoms with E-state index in [2.05, 4.69) is 19.8 Å². The quantitative estimate of drug-likeness (QED) is 0.488. The molecule has 2 nitrogen and oxygen atoms in total. The molecule has 0 aliphatic rings. The second-order valence-electron chi connectivity index (χ2n) is 4.75. The predicted octanol–water partition coefficient (Wildman–Crippen LogP) is 3.55. The minimum absolute atomic E-state index is 0.304. The summed E-state index contributed by atoms with van der Waals surface area (Å²) in [6, 6.07) is 0. The van der Waals surface area contributed by atoms with E-state index in [1.807, 2.05) is 0 Å². The van der Waals surface area contributed by atoms with Crippen LogP contribution in [0.3, 0.4) is 0 Å². The molecular weight excluding hydrogens is 200 g/mol. The van der Waals surface area contributed by atoms with Crippen LogP contribution in [0.4, 0.5) is 0 Å². The van der Waals surface area contributed by atoms with Gasteiger partial charge in [0.1, 0.15) is 0 Å². The van der Waals surface area contributed by atoms with Crippen LogP contribution in [0.2, 0.25) is 0 Å². The van der Waals surface area contributed by atoms with Crippen LogP contribution in [0.25, 0.3) is 0 Å². The molecule has 0 rings (SSSR count). The second-order valence-corrected chi connectivity index (χ2v) is 4.75. The van der Waals surface area contributed by atoms with Gasteiger partial charge in [0.2, 0.25) is 0 Å². The first kappa shape index (κ1) is 15.0. The molecule has 0 aromatic heterocycles. The van der Waals surface area contributed by atoms with Crippen molar-refractivity contribution in [2.45, 2.75) is 65.4 Å². The molecule has 2 heteroatoms. The minimum Gasteiger partial charge on any atom is -0.446 e. The van der Waals surface area contributed by atoms with Crippen LogP contribution < -0.4 is 0 Å². The molecule has 0 amide bonds. The Labute approximate surface area is 99.8 Å². The van der Waals surface area contributed by atoms with Gasteiger partial charge in [0, 0.05) is 6.92 Å². The zero-order valence-electron chi connectivity index (χ0n) is 11.0. The predicted molar refractivity (Wildman–Crippen MR) is 66.9 cm³/mol. The van der Waals surface area contributed by atoms with E-state index < -0.39 is 5.60 Å². The standard InChI is InChI=1S/C14H24O2/c1-6-9-12(3)10-8-11-14(5,7-2)16-13(4)15/h2,12H,6,8-11H2,1,3-5H3. The molecule has 0 saturated heterocycles. The van der Waals surface area contributed by atoms with E-state index in [4.69, 9.17) is 11.2 Å². The Kier molecular flexibility index (Phi) is 6.88. The van der Waals surface area contributed by atoms with Gasteiger partial charge in [0.25, 0.3) is 0 Å². The Balaban J connectivity index is 3.96. The van der Waals surface area contributed by atoms with Gasteiger partial charge in [-0.15, -0.1) is 6.42 Å². The van der Waals surface area contributed by atoms with Gasteiger partial charge in [-0.3, -0.25) is 4.79 Å². The molecule has 0 N–H and O–H groups in total. The zero-order valence-corrected chi connectivity index (χ0v) is 11.0. The molecule has 16 heavy (non-hydrogen) atoms. The van der Waals surface area contributed by atoms with Gasteiger partial charge in [-0.05, 0) is 25.7 Å². The normalized spacial score (nSPS) is 15.9. The molecule has 92 valence electrons. The molecular formula is C14H24O2. The maximum Gasteiger partial charge on any atom is 0.304 e. The molecule has 0 aromatic rings. The van der Waals surface area contributed by atoms with Gasteiger partial charge in [-0.2, -0.15) is 0 Å². The van der Waals surface area contributed by atoms with E-state index in [9.17, 15) is 4.79 Å². The third-order valence-electron chi connectivity index (χ3n) is 2.81. The van der Waals surface area contributed by atoms with Crippen LogP contribution in [-0.2, 0) is 9.53 Å². The maximum atomic E-state index is 10.9. The summed E-state index contributed by atoms with van der Waals surface area (Å²) in [5.74, 6) is 3.00. The third kappa shape index (κ3) is 6.50. The van der Waals surface area contributed by atoms with E-state index in [0.29, 0.717) is 0 Å². The Bertz CT molecular complexity index is 252. The maximum absolute atomic E-state index is 10.9. The third-order valence-corrected chi connectivity index (χ3v) is 2.81. The fraction of sp³-hybridized carbons (Fsp3) is 0.786. The highest BCUT2D eigenvalue weighted by Crippen LogP contribution is 2.21. The van der Waals surface area contributed by atoms with Gasteiger partial charge in [-0.25, -0.2) is 0 Å². The first-order chi connectivity index (χ1) is 7.43. The lowest BCUT2D eigenvalue weighted by Crippen LogP contribution is -2.29. The van der Waals surface area contributed by atoms with Gasteiger partial charge in [0.15, 0.2) is 5.60 Å². The number of terminal acetylenes is 1. The fourth-order valence-electron chi connectivity index (χ4n) is 1.89. The van der Waals surface area contributed by atoms with Crippen LogP contribution in [0, 0.1) is 18.3 Å². The van der Waals surface area contributed by atoms with E-state index >= 15 is 0 Å². The smallest absolute Gasteiger partial charge is 0.304 e. The van der Waals surface area contributed by atoms with Crippen molar-refractivity contribution >= 4 is 5.97 Å². The number of rotatable bonds is 7. The first-order valence-corrected chi connectivity index (χ1v) is 6.11. The SMILES string of the molecule is C#CC(C)(CCCC(C)CCC)OC(C)=O. The Hall–Kier alpha value is -0.970. The van der Waals surface area contributed by atoms with Gasteiger partial charge in [-0.1, -0.05) is 39.0 Å². The highest BCUT2D eigenvalue weighted by molar-refractivity contribution is 5.67. The lowest BCUT2D eigenvalue weighted by Gasteiger charge is -2.23. The van der Waals surface area contributed by atoms with Crippen LogP contribution >= 0.6 is 0 Å². The number of ether oxygens (including phenoxy) is 1. The molecule has 0 saturated carbocycles. The van der Waals surface area contributed by atoms with Crippen molar-refractivity contribution in [3.05, 3.63) is 0 Å². The van der Waals surface area contributed by atoms with Crippen LogP contribution in [0.1, 0.15) is 59.8 Å². The lowest BCUT2D eigenvalue weighted by atomic mass is 9.94. The Morgan fingerprint density at radius 3 is 2.56 bits per heavy atom. The Morgan fingerprint density at radius 1 is 1.50 bits per heavy atom. The van der Waals surface area contributed by atoms with Crippen LogP contribution in [0.15, 0.2) is 0 Å². The van der Waals surface area contributed by atoms with Crippen molar-refractivity contribution in [2.75, 3.05) is 0 Å². The van der Waals surface area contributed by atoms with Crippen molar-refractivity contribution in [3.63, 3.8) is 0 Å². The number of hydrogen-bond acceptors (Lipinski definition) is 2. The van der Waals surface area contributed by atoms with Gasteiger partial charge in [0.05, 0.1) is 0 Å². The fourth-order valence-corrected chi connectivity index (χ4v) is 1.89.